The lowest BCUT2D eigenvalue weighted by atomic mass is 10.1. The predicted octanol–water partition coefficient (Wildman–Crippen LogP) is 2.08. The van der Waals surface area contributed by atoms with Crippen LogP contribution in [0.25, 0.3) is 0 Å². The van der Waals surface area contributed by atoms with Crippen molar-refractivity contribution >= 4 is 9.84 Å². The Hall–Kier alpha value is -1.77. The molecular formula is C18H24FN3O3S. The minimum absolute atomic E-state index is 0.0314. The largest absolute Gasteiger partial charge is 0.380 e. The molecule has 8 heteroatoms. The van der Waals surface area contributed by atoms with E-state index in [1.807, 2.05) is 0 Å². The van der Waals surface area contributed by atoms with Gasteiger partial charge >= 0.3 is 0 Å². The zero-order chi connectivity index (χ0) is 18.7. The third-order valence-electron chi connectivity index (χ3n) is 4.70. The van der Waals surface area contributed by atoms with Crippen LogP contribution in [-0.4, -0.2) is 55.4 Å². The van der Waals surface area contributed by atoms with E-state index < -0.39 is 9.84 Å². The van der Waals surface area contributed by atoms with E-state index in [0.29, 0.717) is 12.1 Å². The minimum Gasteiger partial charge on any atom is -0.380 e. The SMILES string of the molecule is COC1CCCN(Cc2cnc(S(C)(=O)=O)n2Cc2ccccc2F)C1. The predicted molar refractivity (Wildman–Crippen MR) is 96.1 cm³/mol. The number of hydrogen-bond donors (Lipinski definition) is 0. The first-order chi connectivity index (χ1) is 12.4. The molecule has 0 aliphatic carbocycles. The quantitative estimate of drug-likeness (QED) is 0.767. The fourth-order valence-corrected chi connectivity index (χ4v) is 4.18. The lowest BCUT2D eigenvalue weighted by Crippen LogP contribution is -2.39. The molecule has 1 fully saturated rings. The standard InChI is InChI=1S/C18H24FN3O3S/c1-25-16-7-5-9-21(13-16)12-15-10-20-18(26(2,23)24)22(15)11-14-6-3-4-8-17(14)19/h3-4,6,8,10,16H,5,7,9,11-13H2,1-2H3. The number of ether oxygens (including phenoxy) is 1. The number of imidazole rings is 1. The highest BCUT2D eigenvalue weighted by Crippen LogP contribution is 2.20. The van der Waals surface area contributed by atoms with Crippen LogP contribution in [0.5, 0.6) is 0 Å². The summed E-state index contributed by atoms with van der Waals surface area (Å²) in [6.07, 6.45) is 4.93. The molecule has 2 aromatic rings. The van der Waals surface area contributed by atoms with E-state index >= 15 is 0 Å². The third kappa shape index (κ3) is 4.31. The number of likely N-dealkylation sites (tertiary alicyclic amines) is 1. The fourth-order valence-electron chi connectivity index (χ4n) is 3.36. The summed E-state index contributed by atoms with van der Waals surface area (Å²) in [6, 6.07) is 6.39. The summed E-state index contributed by atoms with van der Waals surface area (Å²) in [5.41, 5.74) is 1.19. The van der Waals surface area contributed by atoms with Crippen LogP contribution in [0.2, 0.25) is 0 Å². The number of nitrogens with zero attached hydrogens (tertiary/aromatic N) is 3. The van der Waals surface area contributed by atoms with Crippen LogP contribution in [0.4, 0.5) is 4.39 Å². The summed E-state index contributed by atoms with van der Waals surface area (Å²) >= 11 is 0. The Kier molecular flexibility index (Phi) is 5.74. The number of rotatable bonds is 6. The number of aromatic nitrogens is 2. The van der Waals surface area contributed by atoms with Crippen molar-refractivity contribution in [3.8, 4) is 0 Å². The molecule has 0 radical (unpaired) electrons. The molecule has 1 aromatic carbocycles. The number of halogens is 1. The maximum absolute atomic E-state index is 14.1. The summed E-state index contributed by atoms with van der Waals surface area (Å²) < 4.78 is 45.4. The van der Waals surface area contributed by atoms with E-state index in [2.05, 4.69) is 9.88 Å². The fraction of sp³-hybridized carbons (Fsp3) is 0.500. The topological polar surface area (TPSA) is 64.4 Å². The molecular weight excluding hydrogens is 357 g/mol. The van der Waals surface area contributed by atoms with Gasteiger partial charge < -0.3 is 9.30 Å². The number of methoxy groups -OCH3 is 1. The Labute approximate surface area is 153 Å². The molecule has 1 aliphatic heterocycles. The highest BCUT2D eigenvalue weighted by atomic mass is 32.2. The average molecular weight is 381 g/mol. The second-order valence-electron chi connectivity index (χ2n) is 6.72. The van der Waals surface area contributed by atoms with Crippen LogP contribution in [0.3, 0.4) is 0 Å². The molecule has 1 saturated heterocycles. The van der Waals surface area contributed by atoms with Gasteiger partial charge in [0.2, 0.25) is 15.0 Å². The van der Waals surface area contributed by atoms with Crippen LogP contribution < -0.4 is 0 Å². The van der Waals surface area contributed by atoms with E-state index in [1.165, 1.54) is 6.07 Å². The monoisotopic (exact) mass is 381 g/mol. The molecule has 1 aliphatic rings. The molecule has 1 atom stereocenters. The van der Waals surface area contributed by atoms with Crippen molar-refractivity contribution < 1.29 is 17.5 Å². The first-order valence-corrected chi connectivity index (χ1v) is 10.5. The second-order valence-corrected chi connectivity index (χ2v) is 8.63. The normalized spacial score (nSPS) is 19.0. The van der Waals surface area contributed by atoms with Gasteiger partial charge in [0.25, 0.3) is 0 Å². The Bertz CT molecular complexity index is 866. The zero-order valence-electron chi connectivity index (χ0n) is 15.1. The zero-order valence-corrected chi connectivity index (χ0v) is 15.9. The third-order valence-corrected chi connectivity index (χ3v) is 5.69. The number of sulfone groups is 1. The number of hydrogen-bond acceptors (Lipinski definition) is 5. The second kappa shape index (κ2) is 7.85. The van der Waals surface area contributed by atoms with Crippen molar-refractivity contribution in [2.24, 2.45) is 0 Å². The maximum atomic E-state index is 14.1. The van der Waals surface area contributed by atoms with Crippen LogP contribution in [0.15, 0.2) is 35.6 Å². The highest BCUT2D eigenvalue weighted by molar-refractivity contribution is 7.90. The van der Waals surface area contributed by atoms with Gasteiger partial charge in [0.1, 0.15) is 5.82 Å². The van der Waals surface area contributed by atoms with Gasteiger partial charge in [-0.2, -0.15) is 0 Å². The molecule has 6 nitrogen and oxygen atoms in total. The van der Waals surface area contributed by atoms with Gasteiger partial charge in [-0.3, -0.25) is 4.90 Å². The summed E-state index contributed by atoms with van der Waals surface area (Å²) in [4.78, 5) is 6.33. The van der Waals surface area contributed by atoms with Crippen LogP contribution in [-0.2, 0) is 27.7 Å². The molecule has 1 unspecified atom stereocenters. The van der Waals surface area contributed by atoms with Crippen molar-refractivity contribution in [3.63, 3.8) is 0 Å². The van der Waals surface area contributed by atoms with Gasteiger partial charge in [0.15, 0.2) is 0 Å². The first-order valence-electron chi connectivity index (χ1n) is 8.61. The van der Waals surface area contributed by atoms with Crippen LogP contribution in [0, 0.1) is 5.82 Å². The molecule has 0 spiro atoms. The van der Waals surface area contributed by atoms with Crippen molar-refractivity contribution in [3.05, 3.63) is 47.5 Å². The minimum atomic E-state index is -3.52. The maximum Gasteiger partial charge on any atom is 0.227 e. The van der Waals surface area contributed by atoms with E-state index in [1.54, 1.807) is 36.1 Å². The lowest BCUT2D eigenvalue weighted by Gasteiger charge is -2.32. The van der Waals surface area contributed by atoms with Gasteiger partial charge in [-0.05, 0) is 25.5 Å². The van der Waals surface area contributed by atoms with Gasteiger partial charge in [-0.15, -0.1) is 0 Å². The van der Waals surface area contributed by atoms with Crippen molar-refractivity contribution in [1.29, 1.82) is 0 Å². The molecule has 0 bridgehead atoms. The van der Waals surface area contributed by atoms with Crippen molar-refractivity contribution in [2.75, 3.05) is 26.5 Å². The Morgan fingerprint density at radius 1 is 1.31 bits per heavy atom. The summed E-state index contributed by atoms with van der Waals surface area (Å²) in [5.74, 6) is -0.357. The van der Waals surface area contributed by atoms with E-state index in [-0.39, 0.29) is 23.6 Å². The van der Waals surface area contributed by atoms with Gasteiger partial charge in [0.05, 0.1) is 24.5 Å². The first kappa shape index (κ1) is 19.0. The molecule has 0 saturated carbocycles. The van der Waals surface area contributed by atoms with Crippen molar-refractivity contribution in [2.45, 2.75) is 37.2 Å². The van der Waals surface area contributed by atoms with Gasteiger partial charge in [0, 0.05) is 32.0 Å². The average Bonchev–Trinajstić information content (AvgIpc) is 3.00. The van der Waals surface area contributed by atoms with E-state index in [9.17, 15) is 12.8 Å². The Balaban J connectivity index is 1.90. The Morgan fingerprint density at radius 3 is 2.77 bits per heavy atom. The molecule has 0 N–H and O–H groups in total. The summed E-state index contributed by atoms with van der Waals surface area (Å²) in [7, 11) is -1.81. The van der Waals surface area contributed by atoms with Crippen LogP contribution >= 0.6 is 0 Å². The highest BCUT2D eigenvalue weighted by Gasteiger charge is 2.24. The molecule has 0 amide bonds. The van der Waals surface area contributed by atoms with Gasteiger partial charge in [-0.1, -0.05) is 18.2 Å². The van der Waals surface area contributed by atoms with E-state index in [0.717, 1.165) is 37.9 Å². The lowest BCUT2D eigenvalue weighted by molar-refractivity contribution is 0.0277. The van der Waals surface area contributed by atoms with Gasteiger partial charge in [-0.25, -0.2) is 17.8 Å². The summed E-state index contributed by atoms with van der Waals surface area (Å²) in [5, 5.41) is -0.0314. The van der Waals surface area contributed by atoms with Crippen LogP contribution in [0.1, 0.15) is 24.1 Å². The van der Waals surface area contributed by atoms with E-state index in [4.69, 9.17) is 4.74 Å². The molecule has 26 heavy (non-hydrogen) atoms. The molecule has 2 heterocycles. The smallest absolute Gasteiger partial charge is 0.227 e. The molecule has 142 valence electrons. The number of benzene rings is 1. The molecule has 3 rings (SSSR count). The summed E-state index contributed by atoms with van der Waals surface area (Å²) in [6.45, 7) is 2.39. The van der Waals surface area contributed by atoms with Crippen molar-refractivity contribution in [1.82, 2.24) is 14.5 Å². The molecule has 1 aromatic heterocycles. The number of piperidine rings is 1. The Morgan fingerprint density at radius 2 is 2.08 bits per heavy atom.